The van der Waals surface area contributed by atoms with Crippen LogP contribution in [-0.2, 0) is 13.1 Å². The van der Waals surface area contributed by atoms with Crippen LogP contribution in [0.2, 0.25) is 0 Å². The van der Waals surface area contributed by atoms with E-state index < -0.39 is 0 Å². The lowest BCUT2D eigenvalue weighted by atomic mass is 10.2. The van der Waals surface area contributed by atoms with Crippen molar-refractivity contribution < 1.29 is 0 Å². The van der Waals surface area contributed by atoms with E-state index in [-0.39, 0.29) is 0 Å². The van der Waals surface area contributed by atoms with Crippen molar-refractivity contribution in [1.29, 1.82) is 0 Å². The molecule has 2 saturated heterocycles. The molecule has 23 heavy (non-hydrogen) atoms. The summed E-state index contributed by atoms with van der Waals surface area (Å²) in [5, 5.41) is 0. The van der Waals surface area contributed by atoms with Crippen LogP contribution < -0.4 is 4.90 Å². The first-order valence-electron chi connectivity index (χ1n) is 8.78. The Hall–Kier alpha value is -1.88. The van der Waals surface area contributed by atoms with Crippen LogP contribution in [0.15, 0.2) is 37.1 Å². The SMILES string of the molecule is c1cn(C[C@@H]2CCCN2Cc2ccc(N3CCCC3)nc2)cn1. The van der Waals surface area contributed by atoms with E-state index in [4.69, 9.17) is 0 Å². The van der Waals surface area contributed by atoms with E-state index in [1.54, 1.807) is 0 Å². The number of rotatable bonds is 5. The molecule has 5 heteroatoms. The maximum atomic E-state index is 4.69. The van der Waals surface area contributed by atoms with Crippen LogP contribution >= 0.6 is 0 Å². The summed E-state index contributed by atoms with van der Waals surface area (Å²) in [6.45, 7) is 5.55. The minimum Gasteiger partial charge on any atom is -0.357 e. The van der Waals surface area contributed by atoms with Gasteiger partial charge in [0.1, 0.15) is 5.82 Å². The number of anilines is 1. The van der Waals surface area contributed by atoms with E-state index in [1.807, 2.05) is 12.5 Å². The van der Waals surface area contributed by atoms with E-state index in [0.717, 1.165) is 32.0 Å². The fourth-order valence-corrected chi connectivity index (χ4v) is 3.83. The Morgan fingerprint density at radius 2 is 2.00 bits per heavy atom. The number of aromatic nitrogens is 3. The Morgan fingerprint density at radius 3 is 2.74 bits per heavy atom. The molecule has 0 saturated carbocycles. The molecular formula is C18H25N5. The molecule has 1 atom stereocenters. The zero-order valence-electron chi connectivity index (χ0n) is 13.6. The van der Waals surface area contributed by atoms with Gasteiger partial charge in [0, 0.05) is 50.8 Å². The summed E-state index contributed by atoms with van der Waals surface area (Å²) in [4.78, 5) is 13.8. The normalized spacial score (nSPS) is 22.1. The van der Waals surface area contributed by atoms with Gasteiger partial charge in [-0.3, -0.25) is 4.90 Å². The highest BCUT2D eigenvalue weighted by Gasteiger charge is 2.24. The van der Waals surface area contributed by atoms with Crippen molar-refractivity contribution in [2.24, 2.45) is 0 Å². The molecule has 2 aliphatic rings. The molecule has 0 amide bonds. The predicted octanol–water partition coefficient (Wildman–Crippen LogP) is 2.54. The minimum absolute atomic E-state index is 0.613. The Labute approximate surface area is 138 Å². The zero-order valence-corrected chi connectivity index (χ0v) is 13.6. The monoisotopic (exact) mass is 311 g/mol. The van der Waals surface area contributed by atoms with E-state index in [2.05, 4.69) is 48.9 Å². The van der Waals surface area contributed by atoms with Crippen LogP contribution in [0.1, 0.15) is 31.2 Å². The Balaban J connectivity index is 1.38. The molecule has 5 nitrogen and oxygen atoms in total. The molecule has 2 fully saturated rings. The van der Waals surface area contributed by atoms with Crippen LogP contribution in [0.5, 0.6) is 0 Å². The lowest BCUT2D eigenvalue weighted by molar-refractivity contribution is 0.224. The van der Waals surface area contributed by atoms with E-state index >= 15 is 0 Å². The highest BCUT2D eigenvalue weighted by atomic mass is 15.2. The number of nitrogens with zero attached hydrogens (tertiary/aromatic N) is 5. The summed E-state index contributed by atoms with van der Waals surface area (Å²) in [6, 6.07) is 5.07. The maximum absolute atomic E-state index is 4.69. The second-order valence-electron chi connectivity index (χ2n) is 6.74. The first-order chi connectivity index (χ1) is 11.4. The van der Waals surface area contributed by atoms with Gasteiger partial charge in [0.15, 0.2) is 0 Å². The predicted molar refractivity (Wildman–Crippen MR) is 91.3 cm³/mol. The minimum atomic E-state index is 0.613. The average Bonchev–Trinajstić information content (AvgIpc) is 3.32. The maximum Gasteiger partial charge on any atom is 0.128 e. The van der Waals surface area contributed by atoms with Gasteiger partial charge in [-0.2, -0.15) is 0 Å². The fraction of sp³-hybridized carbons (Fsp3) is 0.556. The summed E-state index contributed by atoms with van der Waals surface area (Å²) in [6.07, 6.45) is 13.1. The molecular weight excluding hydrogens is 286 g/mol. The van der Waals surface area contributed by atoms with Gasteiger partial charge in [0.05, 0.1) is 6.33 Å². The largest absolute Gasteiger partial charge is 0.357 e. The third-order valence-electron chi connectivity index (χ3n) is 5.10. The van der Waals surface area contributed by atoms with Gasteiger partial charge in [-0.15, -0.1) is 0 Å². The van der Waals surface area contributed by atoms with Crippen LogP contribution in [0.3, 0.4) is 0 Å². The molecule has 0 N–H and O–H groups in total. The second kappa shape index (κ2) is 6.71. The first-order valence-corrected chi connectivity index (χ1v) is 8.78. The summed E-state index contributed by atoms with van der Waals surface area (Å²) in [5.74, 6) is 1.14. The lowest BCUT2D eigenvalue weighted by Gasteiger charge is -2.25. The number of hydrogen-bond acceptors (Lipinski definition) is 4. The van der Waals surface area contributed by atoms with Crippen molar-refractivity contribution >= 4 is 5.82 Å². The molecule has 2 aromatic heterocycles. The molecule has 4 rings (SSSR count). The van der Waals surface area contributed by atoms with Gasteiger partial charge in [-0.1, -0.05) is 6.07 Å². The molecule has 122 valence electrons. The van der Waals surface area contributed by atoms with E-state index in [0.29, 0.717) is 6.04 Å². The van der Waals surface area contributed by atoms with Gasteiger partial charge in [-0.25, -0.2) is 9.97 Å². The summed E-state index contributed by atoms with van der Waals surface area (Å²) < 4.78 is 2.19. The molecule has 0 aromatic carbocycles. The quantitative estimate of drug-likeness (QED) is 0.850. The van der Waals surface area contributed by atoms with E-state index in [1.165, 1.54) is 37.8 Å². The Morgan fingerprint density at radius 1 is 1.09 bits per heavy atom. The number of imidazole rings is 1. The number of hydrogen-bond donors (Lipinski definition) is 0. The van der Waals surface area contributed by atoms with Gasteiger partial charge in [-0.05, 0) is 43.9 Å². The van der Waals surface area contributed by atoms with Crippen LogP contribution in [0.25, 0.3) is 0 Å². The third kappa shape index (κ3) is 3.39. The van der Waals surface area contributed by atoms with Crippen molar-refractivity contribution in [3.63, 3.8) is 0 Å². The first kappa shape index (κ1) is 14.7. The molecule has 0 aliphatic carbocycles. The van der Waals surface area contributed by atoms with E-state index in [9.17, 15) is 0 Å². The van der Waals surface area contributed by atoms with Gasteiger partial charge in [0.25, 0.3) is 0 Å². The highest BCUT2D eigenvalue weighted by molar-refractivity contribution is 5.40. The van der Waals surface area contributed by atoms with Gasteiger partial charge < -0.3 is 9.47 Å². The van der Waals surface area contributed by atoms with Crippen LogP contribution in [0.4, 0.5) is 5.82 Å². The molecule has 0 unspecified atom stereocenters. The molecule has 0 bridgehead atoms. The zero-order chi connectivity index (χ0) is 15.5. The molecule has 0 spiro atoms. The standard InChI is InChI=1S/C18H25N5/c1-2-9-22(8-1)18-6-5-16(12-20-18)13-23-10-3-4-17(23)14-21-11-7-19-15-21/h5-7,11-12,15,17H,1-4,8-10,13-14H2/t17-/m0/s1. The van der Waals surface area contributed by atoms with Crippen LogP contribution in [0, 0.1) is 0 Å². The summed E-state index contributed by atoms with van der Waals surface area (Å²) >= 11 is 0. The van der Waals surface area contributed by atoms with Gasteiger partial charge >= 0.3 is 0 Å². The molecule has 0 radical (unpaired) electrons. The lowest BCUT2D eigenvalue weighted by Crippen LogP contribution is -2.32. The number of pyridine rings is 1. The Kier molecular flexibility index (Phi) is 4.28. The smallest absolute Gasteiger partial charge is 0.128 e. The molecule has 2 aromatic rings. The molecule has 4 heterocycles. The summed E-state index contributed by atoms with van der Waals surface area (Å²) in [5.41, 5.74) is 1.32. The Bertz CT molecular complexity index is 601. The highest BCUT2D eigenvalue weighted by Crippen LogP contribution is 2.23. The van der Waals surface area contributed by atoms with Crippen molar-refractivity contribution in [3.8, 4) is 0 Å². The summed E-state index contributed by atoms with van der Waals surface area (Å²) in [7, 11) is 0. The molecule has 2 aliphatic heterocycles. The van der Waals surface area contributed by atoms with Gasteiger partial charge in [0.2, 0.25) is 0 Å². The average molecular weight is 311 g/mol. The van der Waals surface area contributed by atoms with Crippen molar-refractivity contribution in [3.05, 3.63) is 42.6 Å². The fourth-order valence-electron chi connectivity index (χ4n) is 3.83. The van der Waals surface area contributed by atoms with Crippen molar-refractivity contribution in [2.45, 2.75) is 44.8 Å². The van der Waals surface area contributed by atoms with Crippen LogP contribution in [-0.4, -0.2) is 45.1 Å². The third-order valence-corrected chi connectivity index (χ3v) is 5.10. The second-order valence-corrected chi connectivity index (χ2v) is 6.74. The number of likely N-dealkylation sites (tertiary alicyclic amines) is 1. The van der Waals surface area contributed by atoms with Crippen molar-refractivity contribution in [1.82, 2.24) is 19.4 Å². The van der Waals surface area contributed by atoms with Crippen molar-refractivity contribution in [2.75, 3.05) is 24.5 Å². The topological polar surface area (TPSA) is 37.2 Å².